The normalized spacial score (nSPS) is 15.7. The molecule has 0 aliphatic rings. The van der Waals surface area contributed by atoms with Gasteiger partial charge in [0.25, 0.3) is 0 Å². The van der Waals surface area contributed by atoms with E-state index in [1.54, 1.807) is 6.07 Å². The first-order chi connectivity index (χ1) is 10.2. The summed E-state index contributed by atoms with van der Waals surface area (Å²) in [6.07, 6.45) is -0.378. The first-order valence-electron chi connectivity index (χ1n) is 6.32. The van der Waals surface area contributed by atoms with Crippen LogP contribution in [0.25, 0.3) is 0 Å². The average molecular weight is 332 g/mol. The van der Waals surface area contributed by atoms with E-state index in [1.165, 1.54) is 24.3 Å². The number of alkyl halides is 1. The molecule has 0 aromatic heterocycles. The summed E-state index contributed by atoms with van der Waals surface area (Å²) in [5.41, 5.74) is 8.25. The molecule has 0 heterocycles. The van der Waals surface area contributed by atoms with Crippen molar-refractivity contribution in [3.05, 3.63) is 35.9 Å². The fraction of sp³-hybridized carbons (Fsp3) is 0.385. The number of carbonyl (C=O) groups excluding carboxylic acids is 1. The van der Waals surface area contributed by atoms with Gasteiger partial charge in [-0.05, 0) is 12.0 Å². The molecule has 1 amide bonds. The van der Waals surface area contributed by atoms with Gasteiger partial charge in [-0.25, -0.2) is 13.2 Å². The Hall–Kier alpha value is -2.00. The fourth-order valence-corrected chi connectivity index (χ4v) is 4.06. The lowest BCUT2D eigenvalue weighted by Crippen LogP contribution is -2.62. The summed E-state index contributed by atoms with van der Waals surface area (Å²) in [7, 11) is -4.35. The summed E-state index contributed by atoms with van der Waals surface area (Å²) in [6, 6.07) is 7.05. The lowest BCUT2D eigenvalue weighted by atomic mass is 9.87. The monoisotopic (exact) mass is 332 g/mol. The van der Waals surface area contributed by atoms with Gasteiger partial charge >= 0.3 is 5.97 Å². The largest absolute Gasteiger partial charge is 0.480 e. The second kappa shape index (κ2) is 6.84. The third-order valence-corrected chi connectivity index (χ3v) is 5.38. The predicted octanol–water partition coefficient (Wildman–Crippen LogP) is -0.446. The first kappa shape index (κ1) is 18.1. The number of rotatable bonds is 8. The highest BCUT2D eigenvalue weighted by Crippen LogP contribution is 2.28. The molecule has 0 bridgehead atoms. The number of sulfone groups is 1. The Morgan fingerprint density at radius 1 is 1.27 bits per heavy atom. The molecule has 0 aliphatic carbocycles. The van der Waals surface area contributed by atoms with Crippen LogP contribution >= 0.6 is 0 Å². The van der Waals surface area contributed by atoms with Crippen molar-refractivity contribution in [2.75, 3.05) is 12.4 Å². The van der Waals surface area contributed by atoms with Crippen LogP contribution < -0.4 is 11.5 Å². The highest BCUT2D eigenvalue weighted by Gasteiger charge is 2.53. The molecule has 0 saturated carbocycles. The van der Waals surface area contributed by atoms with E-state index in [4.69, 9.17) is 11.5 Å². The van der Waals surface area contributed by atoms with Crippen LogP contribution in [0, 0.1) is 0 Å². The van der Waals surface area contributed by atoms with E-state index >= 15 is 0 Å². The second-order valence-corrected chi connectivity index (χ2v) is 6.94. The Morgan fingerprint density at radius 2 is 1.82 bits per heavy atom. The van der Waals surface area contributed by atoms with Crippen LogP contribution in [-0.2, 0) is 25.0 Å². The third kappa shape index (κ3) is 3.42. The molecule has 22 heavy (non-hydrogen) atoms. The third-order valence-electron chi connectivity index (χ3n) is 3.20. The van der Waals surface area contributed by atoms with Gasteiger partial charge in [0.05, 0.1) is 12.4 Å². The van der Waals surface area contributed by atoms with Crippen molar-refractivity contribution in [3.8, 4) is 0 Å². The smallest absolute Gasteiger partial charge is 0.330 e. The zero-order valence-electron chi connectivity index (χ0n) is 11.6. The number of carboxylic acids is 1. The molecule has 0 saturated heterocycles. The molecule has 5 N–H and O–H groups in total. The Bertz CT molecular complexity index is 650. The highest BCUT2D eigenvalue weighted by molar-refractivity contribution is 7.92. The number of hydrogen-bond donors (Lipinski definition) is 3. The number of carboxylic acid groups (broad SMARTS) is 1. The Kier molecular flexibility index (Phi) is 5.61. The zero-order chi connectivity index (χ0) is 17.0. The minimum Gasteiger partial charge on any atom is -0.480 e. The van der Waals surface area contributed by atoms with Crippen molar-refractivity contribution >= 4 is 21.7 Å². The maximum absolute atomic E-state index is 12.2. The molecule has 1 aromatic carbocycles. The van der Waals surface area contributed by atoms with Crippen LogP contribution in [0.3, 0.4) is 0 Å². The summed E-state index contributed by atoms with van der Waals surface area (Å²) in [4.78, 5) is 23.3. The summed E-state index contributed by atoms with van der Waals surface area (Å²) in [5.74, 6) is -3.84. The van der Waals surface area contributed by atoms with Crippen molar-refractivity contribution in [3.63, 3.8) is 0 Å². The zero-order valence-corrected chi connectivity index (χ0v) is 12.4. The summed E-state index contributed by atoms with van der Waals surface area (Å²) < 4.78 is 36.7. The molecule has 122 valence electrons. The van der Waals surface area contributed by atoms with E-state index in [1.807, 2.05) is 0 Å². The number of carbonyl (C=O) groups is 2. The molecule has 2 unspecified atom stereocenters. The van der Waals surface area contributed by atoms with Gasteiger partial charge in [-0.1, -0.05) is 30.3 Å². The van der Waals surface area contributed by atoms with E-state index < -0.39 is 44.9 Å². The number of primary amides is 1. The highest BCUT2D eigenvalue weighted by atomic mass is 32.2. The van der Waals surface area contributed by atoms with E-state index in [0.717, 1.165) is 0 Å². The van der Waals surface area contributed by atoms with Gasteiger partial charge in [-0.2, -0.15) is 0 Å². The van der Waals surface area contributed by atoms with E-state index in [9.17, 15) is 27.5 Å². The molecular formula is C13H17FN2O5S. The number of halogens is 1. The Labute approximate surface area is 127 Å². The van der Waals surface area contributed by atoms with E-state index in [-0.39, 0.29) is 12.0 Å². The molecule has 0 spiro atoms. The van der Waals surface area contributed by atoms with Gasteiger partial charge in [-0.15, -0.1) is 0 Å². The molecule has 9 heteroatoms. The first-order valence-corrected chi connectivity index (χ1v) is 8.04. The maximum Gasteiger partial charge on any atom is 0.330 e. The van der Waals surface area contributed by atoms with Crippen molar-refractivity contribution in [2.24, 2.45) is 11.5 Å². The van der Waals surface area contributed by atoms with Crippen LogP contribution in [0.5, 0.6) is 0 Å². The topological polar surface area (TPSA) is 141 Å². The minimum atomic E-state index is -4.35. The summed E-state index contributed by atoms with van der Waals surface area (Å²) in [6.45, 7) is -0.930. The molecule has 1 aromatic rings. The number of amides is 1. The maximum atomic E-state index is 12.2. The SMILES string of the molecule is NC(=O)C(C(N)(C(=O)O)c1ccccc1)S(=O)(=O)CCCF. The second-order valence-electron chi connectivity index (χ2n) is 4.73. The number of benzene rings is 1. The molecule has 2 atom stereocenters. The Morgan fingerprint density at radius 3 is 2.23 bits per heavy atom. The Balaban J connectivity index is 3.49. The van der Waals surface area contributed by atoms with Gasteiger partial charge in [-0.3, -0.25) is 9.18 Å². The quantitative estimate of drug-likeness (QED) is 0.589. The van der Waals surface area contributed by atoms with Gasteiger partial charge < -0.3 is 16.6 Å². The molecule has 0 radical (unpaired) electrons. The van der Waals surface area contributed by atoms with Crippen LogP contribution in [0.1, 0.15) is 12.0 Å². The summed E-state index contributed by atoms with van der Waals surface area (Å²) in [5, 5.41) is 7.22. The lowest BCUT2D eigenvalue weighted by molar-refractivity contribution is -0.145. The number of aliphatic carboxylic acids is 1. The molecule has 7 nitrogen and oxygen atoms in total. The molecule has 0 fully saturated rings. The van der Waals surface area contributed by atoms with Crippen molar-refractivity contribution < 1.29 is 27.5 Å². The van der Waals surface area contributed by atoms with E-state index in [0.29, 0.717) is 0 Å². The standard InChI is InChI=1S/C13H17FN2O5S/c14-7-4-8-22(20,21)10(11(15)17)13(16,12(18)19)9-5-2-1-3-6-9/h1-3,5-6,10H,4,7-8,16H2,(H2,15,17)(H,18,19). The average Bonchev–Trinajstić information content (AvgIpc) is 2.45. The molecule has 1 rings (SSSR count). The van der Waals surface area contributed by atoms with Crippen molar-refractivity contribution in [1.82, 2.24) is 0 Å². The van der Waals surface area contributed by atoms with Gasteiger partial charge in [0.2, 0.25) is 5.91 Å². The van der Waals surface area contributed by atoms with Gasteiger partial charge in [0.1, 0.15) is 0 Å². The number of nitrogens with two attached hydrogens (primary N) is 2. The fourth-order valence-electron chi connectivity index (χ4n) is 2.16. The molecule has 0 aliphatic heterocycles. The van der Waals surface area contributed by atoms with Crippen LogP contribution in [0.4, 0.5) is 4.39 Å². The van der Waals surface area contributed by atoms with Gasteiger partial charge in [0.15, 0.2) is 20.6 Å². The van der Waals surface area contributed by atoms with E-state index in [2.05, 4.69) is 0 Å². The van der Waals surface area contributed by atoms with Crippen molar-refractivity contribution in [2.45, 2.75) is 17.2 Å². The minimum absolute atomic E-state index is 0.0878. The van der Waals surface area contributed by atoms with Crippen LogP contribution in [0.15, 0.2) is 30.3 Å². The lowest BCUT2D eigenvalue weighted by Gasteiger charge is -2.31. The predicted molar refractivity (Wildman–Crippen MR) is 77.3 cm³/mol. The number of hydrogen-bond acceptors (Lipinski definition) is 5. The van der Waals surface area contributed by atoms with Crippen molar-refractivity contribution in [1.29, 1.82) is 0 Å². The summed E-state index contributed by atoms with van der Waals surface area (Å²) >= 11 is 0. The van der Waals surface area contributed by atoms with Gasteiger partial charge in [0, 0.05) is 0 Å². The molecular weight excluding hydrogens is 315 g/mol. The van der Waals surface area contributed by atoms with Crippen LogP contribution in [0.2, 0.25) is 0 Å². The van der Waals surface area contributed by atoms with Crippen LogP contribution in [-0.4, -0.2) is 43.1 Å².